The van der Waals surface area contributed by atoms with Gasteiger partial charge in [-0.25, -0.2) is 4.79 Å². The first-order valence-electron chi connectivity index (χ1n) is 13.0. The minimum atomic E-state index is -1.84. The molecular weight excluding hydrogens is 460 g/mol. The van der Waals surface area contributed by atoms with Crippen molar-refractivity contribution in [3.63, 3.8) is 0 Å². The Kier molecular flexibility index (Phi) is 10.7. The third kappa shape index (κ3) is 8.12. The molecule has 1 fully saturated rings. The fraction of sp³-hybridized carbons (Fsp3) is 0.690. The van der Waals surface area contributed by atoms with Crippen molar-refractivity contribution in [3.05, 3.63) is 48.1 Å². The molecule has 0 radical (unpaired) electrons. The quantitative estimate of drug-likeness (QED) is 0.338. The number of rotatable bonds is 3. The molecule has 4 N–H and O–H groups in total. The predicted octanol–water partition coefficient (Wildman–Crippen LogP) is 3.97. The fourth-order valence-corrected chi connectivity index (χ4v) is 4.58. The number of esters is 1. The highest BCUT2D eigenvalue weighted by Gasteiger charge is 2.49. The number of aliphatic hydroxyl groups excluding tert-OH is 2. The van der Waals surface area contributed by atoms with Crippen LogP contribution in [0.25, 0.3) is 0 Å². The number of allylic oxidation sites excluding steroid dienone is 1. The third-order valence-corrected chi connectivity index (χ3v) is 7.75. The van der Waals surface area contributed by atoms with Crippen LogP contribution in [0.2, 0.25) is 0 Å². The zero-order valence-electron chi connectivity index (χ0n) is 22.7. The van der Waals surface area contributed by atoms with Gasteiger partial charge in [-0.2, -0.15) is 0 Å². The number of carbonyl (C=O) groups excluding carboxylic acids is 1. The van der Waals surface area contributed by atoms with Crippen molar-refractivity contribution in [3.8, 4) is 0 Å². The van der Waals surface area contributed by atoms with E-state index in [1.807, 2.05) is 20.8 Å². The molecule has 0 aromatic heterocycles. The number of hydrogen-bond acceptors (Lipinski definition) is 7. The summed E-state index contributed by atoms with van der Waals surface area (Å²) in [5, 5.41) is 43.1. The SMILES string of the molecule is C=C1C[C@@H]2CC=C[C@H](O)[C@H](C)C(C)=CC(=O)O[C@H](C[C@H](C)[C@H](C)O)[C@@H](C)CC=C[C@@](C)(O)[C@](O)(C1)O2. The van der Waals surface area contributed by atoms with E-state index < -0.39 is 41.8 Å². The van der Waals surface area contributed by atoms with E-state index in [4.69, 9.17) is 9.47 Å². The minimum absolute atomic E-state index is 0.0922. The van der Waals surface area contributed by atoms with Gasteiger partial charge in [0.05, 0.1) is 18.3 Å². The lowest BCUT2D eigenvalue weighted by molar-refractivity contribution is -0.305. The average Bonchev–Trinajstić information content (AvgIpc) is 2.76. The van der Waals surface area contributed by atoms with Gasteiger partial charge >= 0.3 is 5.97 Å². The third-order valence-electron chi connectivity index (χ3n) is 7.75. The Balaban J connectivity index is 2.41. The Morgan fingerprint density at radius 3 is 2.50 bits per heavy atom. The van der Waals surface area contributed by atoms with E-state index in [2.05, 4.69) is 6.58 Å². The van der Waals surface area contributed by atoms with Crippen molar-refractivity contribution in [2.75, 3.05) is 0 Å². The lowest BCUT2D eigenvalue weighted by Gasteiger charge is -2.45. The van der Waals surface area contributed by atoms with Crippen LogP contribution < -0.4 is 0 Å². The standard InChI is InChI=1S/C29H46O7/c1-18-14-24-11-8-12-25(31)22(5)20(3)16-27(32)35-26(15-21(4)23(6)30)19(2)10-9-13-28(7,33)29(34,17-18)36-24/h8-9,12-13,16,19,21-26,30-31,33-34H,1,10-11,14-15,17H2,2-7H3/t19-,21-,22+,23-,24-,25-,26+,28+,29-/m0/s1. The van der Waals surface area contributed by atoms with Gasteiger partial charge in [0.2, 0.25) is 5.79 Å². The number of ether oxygens (including phenoxy) is 2. The molecule has 0 aromatic rings. The highest BCUT2D eigenvalue weighted by Crippen LogP contribution is 2.39. The highest BCUT2D eigenvalue weighted by molar-refractivity contribution is 5.83. The van der Waals surface area contributed by atoms with Crippen molar-refractivity contribution in [1.82, 2.24) is 0 Å². The topological polar surface area (TPSA) is 116 Å². The molecule has 2 heterocycles. The van der Waals surface area contributed by atoms with Crippen molar-refractivity contribution in [1.29, 1.82) is 0 Å². The van der Waals surface area contributed by atoms with Crippen molar-refractivity contribution in [2.45, 2.75) is 109 Å². The van der Waals surface area contributed by atoms with Crippen LogP contribution >= 0.6 is 0 Å². The van der Waals surface area contributed by atoms with Crippen LogP contribution in [0.3, 0.4) is 0 Å². The maximum atomic E-state index is 12.8. The van der Waals surface area contributed by atoms with Gasteiger partial charge < -0.3 is 29.9 Å². The Morgan fingerprint density at radius 2 is 1.86 bits per heavy atom. The molecule has 0 aromatic carbocycles. The Bertz CT molecular complexity index is 856. The van der Waals surface area contributed by atoms with Gasteiger partial charge in [0.1, 0.15) is 11.7 Å². The summed E-state index contributed by atoms with van der Waals surface area (Å²) in [5.41, 5.74) is -0.206. The molecule has 7 heteroatoms. The minimum Gasteiger partial charge on any atom is -0.459 e. The van der Waals surface area contributed by atoms with Gasteiger partial charge in [0.15, 0.2) is 0 Å². The molecule has 1 saturated heterocycles. The highest BCUT2D eigenvalue weighted by atomic mass is 16.6. The molecule has 2 bridgehead atoms. The predicted molar refractivity (Wildman–Crippen MR) is 140 cm³/mol. The van der Waals surface area contributed by atoms with Gasteiger partial charge in [-0.1, -0.05) is 62.8 Å². The molecule has 0 saturated carbocycles. The second-order valence-electron chi connectivity index (χ2n) is 11.2. The van der Waals surface area contributed by atoms with Gasteiger partial charge in [-0.15, -0.1) is 0 Å². The Labute approximate surface area is 216 Å². The maximum absolute atomic E-state index is 12.8. The molecule has 0 aliphatic carbocycles. The van der Waals surface area contributed by atoms with E-state index in [1.54, 1.807) is 32.1 Å². The van der Waals surface area contributed by atoms with Crippen LogP contribution in [0.5, 0.6) is 0 Å². The summed E-state index contributed by atoms with van der Waals surface area (Å²) < 4.78 is 11.8. The maximum Gasteiger partial charge on any atom is 0.330 e. The molecule has 2 aliphatic rings. The van der Waals surface area contributed by atoms with Crippen molar-refractivity contribution in [2.24, 2.45) is 17.8 Å². The van der Waals surface area contributed by atoms with Crippen molar-refractivity contribution < 1.29 is 34.7 Å². The smallest absolute Gasteiger partial charge is 0.330 e. The largest absolute Gasteiger partial charge is 0.459 e. The van der Waals surface area contributed by atoms with Crippen LogP contribution in [0.15, 0.2) is 48.1 Å². The summed E-state index contributed by atoms with van der Waals surface area (Å²) in [6.45, 7) is 14.7. The summed E-state index contributed by atoms with van der Waals surface area (Å²) in [4.78, 5) is 12.8. The van der Waals surface area contributed by atoms with E-state index >= 15 is 0 Å². The summed E-state index contributed by atoms with van der Waals surface area (Å²) in [5.74, 6) is -2.86. The Hall–Kier alpha value is -1.77. The molecule has 0 spiro atoms. The second kappa shape index (κ2) is 12.7. The van der Waals surface area contributed by atoms with Crippen LogP contribution in [-0.4, -0.2) is 62.2 Å². The molecule has 2 aliphatic heterocycles. The second-order valence-corrected chi connectivity index (χ2v) is 11.2. The zero-order valence-corrected chi connectivity index (χ0v) is 22.7. The van der Waals surface area contributed by atoms with Crippen LogP contribution in [0.4, 0.5) is 0 Å². The number of cyclic esters (lactones) is 1. The molecule has 0 amide bonds. The first-order valence-corrected chi connectivity index (χ1v) is 13.0. The first-order chi connectivity index (χ1) is 16.6. The molecule has 2 rings (SSSR count). The van der Waals surface area contributed by atoms with E-state index in [-0.39, 0.29) is 24.2 Å². The number of aliphatic hydroxyl groups is 4. The summed E-state index contributed by atoms with van der Waals surface area (Å²) in [6.07, 6.45) is 7.94. The molecule has 9 atom stereocenters. The zero-order chi connectivity index (χ0) is 27.3. The Morgan fingerprint density at radius 1 is 1.19 bits per heavy atom. The van der Waals surface area contributed by atoms with Crippen LogP contribution in [0, 0.1) is 17.8 Å². The van der Waals surface area contributed by atoms with E-state index in [9.17, 15) is 25.2 Å². The molecule has 0 unspecified atom stereocenters. The van der Waals surface area contributed by atoms with E-state index in [0.29, 0.717) is 31.3 Å². The average molecular weight is 507 g/mol. The van der Waals surface area contributed by atoms with Gasteiger partial charge in [-0.3, -0.25) is 0 Å². The lowest BCUT2D eigenvalue weighted by atomic mass is 9.83. The van der Waals surface area contributed by atoms with Crippen LogP contribution in [-0.2, 0) is 14.3 Å². The summed E-state index contributed by atoms with van der Waals surface area (Å²) in [6, 6.07) is 0. The molecule has 7 nitrogen and oxygen atoms in total. The number of carbonyl (C=O) groups is 1. The van der Waals surface area contributed by atoms with Gasteiger partial charge in [-0.05, 0) is 58.3 Å². The van der Waals surface area contributed by atoms with E-state index in [0.717, 1.165) is 5.57 Å². The normalized spacial score (nSPS) is 38.9. The lowest BCUT2D eigenvalue weighted by Crippen LogP contribution is -2.56. The van der Waals surface area contributed by atoms with Crippen molar-refractivity contribution >= 4 is 5.97 Å². The van der Waals surface area contributed by atoms with E-state index in [1.165, 1.54) is 19.1 Å². The van der Waals surface area contributed by atoms with Gasteiger partial charge in [0, 0.05) is 18.4 Å². The number of hydrogen-bond donors (Lipinski definition) is 4. The monoisotopic (exact) mass is 506 g/mol. The first kappa shape index (κ1) is 30.5. The summed E-state index contributed by atoms with van der Waals surface area (Å²) in [7, 11) is 0. The van der Waals surface area contributed by atoms with Gasteiger partial charge in [0.25, 0.3) is 0 Å². The summed E-state index contributed by atoms with van der Waals surface area (Å²) >= 11 is 0. The molecular formula is C29H46O7. The molecule has 36 heavy (non-hydrogen) atoms. The molecule has 204 valence electrons. The fourth-order valence-electron chi connectivity index (χ4n) is 4.58. The van der Waals surface area contributed by atoms with Crippen LogP contribution in [0.1, 0.15) is 73.6 Å². The number of fused-ring (bicyclic) bond motifs is 2.